The van der Waals surface area contributed by atoms with Gasteiger partial charge in [-0.05, 0) is 61.8 Å². The van der Waals surface area contributed by atoms with E-state index in [1.54, 1.807) is 13.0 Å². The number of halogens is 2. The van der Waals surface area contributed by atoms with E-state index in [1.807, 2.05) is 38.3 Å². The number of para-hydroxylation sites is 1. The average Bonchev–Trinajstić information content (AvgIpc) is 2.52. The molecule has 0 fully saturated rings. The minimum absolute atomic E-state index is 0.253. The van der Waals surface area contributed by atoms with Gasteiger partial charge in [0.15, 0.2) is 0 Å². The molecule has 7 heteroatoms. The zero-order valence-corrected chi connectivity index (χ0v) is 18.0. The largest absolute Gasteiger partial charge is 0.452 e. The molecule has 2 rings (SSSR count). The number of hydrogen-bond donors (Lipinski definition) is 1. The third-order valence-electron chi connectivity index (χ3n) is 3.24. The maximum absolute atomic E-state index is 12.5. The Morgan fingerprint density at radius 1 is 1.48 bits per heavy atom. The molecular formula is C18H18ClIN2O2S. The normalized spacial score (nSPS) is 12.2. The van der Waals surface area contributed by atoms with Crippen LogP contribution in [0.2, 0.25) is 5.02 Å². The van der Waals surface area contributed by atoms with E-state index in [9.17, 15) is 4.79 Å². The number of hydrogen-bond acceptors (Lipinski definition) is 4. The minimum Gasteiger partial charge on any atom is -0.452 e. The van der Waals surface area contributed by atoms with Crippen LogP contribution in [-0.4, -0.2) is 28.1 Å². The van der Waals surface area contributed by atoms with Crippen LogP contribution in [0, 0.1) is 15.4 Å². The summed E-state index contributed by atoms with van der Waals surface area (Å²) >= 11 is 9.65. The molecule has 1 N–H and O–H groups in total. The van der Waals surface area contributed by atoms with Crippen molar-refractivity contribution in [3.8, 4) is 17.7 Å². The summed E-state index contributed by atoms with van der Waals surface area (Å²) in [5.74, 6) is 5.90. The van der Waals surface area contributed by atoms with Gasteiger partial charge in [-0.1, -0.05) is 29.7 Å². The highest BCUT2D eigenvalue weighted by atomic mass is 127. The number of nitrogens with zero attached hydrogens (tertiary/aromatic N) is 1. The molecule has 1 aromatic heterocycles. The van der Waals surface area contributed by atoms with Crippen molar-refractivity contribution >= 4 is 62.8 Å². The van der Waals surface area contributed by atoms with E-state index in [-0.39, 0.29) is 5.91 Å². The Kier molecular flexibility index (Phi) is 6.83. The minimum atomic E-state index is -0.737. The third-order valence-corrected chi connectivity index (χ3v) is 5.05. The summed E-state index contributed by atoms with van der Waals surface area (Å²) in [7, 11) is 0. The highest BCUT2D eigenvalue weighted by Crippen LogP contribution is 2.29. The molecule has 1 amide bonds. The van der Waals surface area contributed by atoms with Crippen LogP contribution >= 0.6 is 46.0 Å². The van der Waals surface area contributed by atoms with Gasteiger partial charge in [-0.25, -0.2) is 4.98 Å². The van der Waals surface area contributed by atoms with Crippen LogP contribution in [0.15, 0.2) is 24.3 Å². The number of ether oxygens (including phenoxy) is 1. The first-order valence-corrected chi connectivity index (χ1v) is 10.2. The van der Waals surface area contributed by atoms with Crippen LogP contribution in [0.1, 0.15) is 20.8 Å². The van der Waals surface area contributed by atoms with Gasteiger partial charge in [0.25, 0.3) is 5.91 Å². The topological polar surface area (TPSA) is 51.2 Å². The van der Waals surface area contributed by atoms with Crippen LogP contribution in [0.4, 0.5) is 0 Å². The lowest BCUT2D eigenvalue weighted by molar-refractivity contribution is -0.125. The van der Waals surface area contributed by atoms with Gasteiger partial charge in [0.2, 0.25) is 11.3 Å². The van der Waals surface area contributed by atoms with E-state index >= 15 is 0 Å². The maximum Gasteiger partial charge on any atom is 0.272 e. The molecule has 0 spiro atoms. The first kappa shape index (κ1) is 20.1. The standard InChI is InChI=1S/C18H18ClIN2O2S/c1-5-9-18(2,3)22-15(23)17(25-4)24-16-13(20)10-11-7-6-8-12(19)14(11)21-16/h6-8,10,17H,1-4H3,(H,22,23). The van der Waals surface area contributed by atoms with Crippen LogP contribution in [-0.2, 0) is 4.79 Å². The van der Waals surface area contributed by atoms with Gasteiger partial charge < -0.3 is 10.1 Å². The molecule has 0 bridgehead atoms. The fourth-order valence-electron chi connectivity index (χ4n) is 2.22. The molecule has 4 nitrogen and oxygen atoms in total. The summed E-state index contributed by atoms with van der Waals surface area (Å²) in [6, 6.07) is 7.52. The fourth-order valence-corrected chi connectivity index (χ4v) is 3.49. The van der Waals surface area contributed by atoms with Crippen molar-refractivity contribution in [1.82, 2.24) is 10.3 Å². The molecule has 25 heavy (non-hydrogen) atoms. The van der Waals surface area contributed by atoms with Crippen LogP contribution in [0.5, 0.6) is 5.88 Å². The second-order valence-electron chi connectivity index (χ2n) is 5.76. The second kappa shape index (κ2) is 8.47. The Bertz CT molecular complexity index is 861. The zero-order valence-electron chi connectivity index (χ0n) is 14.3. The summed E-state index contributed by atoms with van der Waals surface area (Å²) in [5, 5.41) is 4.35. The summed E-state index contributed by atoms with van der Waals surface area (Å²) in [6.07, 6.45) is 1.81. The van der Waals surface area contributed by atoms with Gasteiger partial charge in [-0.15, -0.1) is 17.7 Å². The van der Waals surface area contributed by atoms with Gasteiger partial charge in [0, 0.05) is 5.39 Å². The van der Waals surface area contributed by atoms with Gasteiger partial charge >= 0.3 is 0 Å². The predicted octanol–water partition coefficient (Wildman–Crippen LogP) is 4.48. The van der Waals surface area contributed by atoms with Gasteiger partial charge in [0.1, 0.15) is 0 Å². The number of amides is 1. The Labute approximate surface area is 170 Å². The van der Waals surface area contributed by atoms with Crippen LogP contribution < -0.4 is 10.1 Å². The predicted molar refractivity (Wildman–Crippen MR) is 113 cm³/mol. The maximum atomic E-state index is 12.5. The Balaban J connectivity index is 2.27. The van der Waals surface area contributed by atoms with Crippen molar-refractivity contribution in [3.63, 3.8) is 0 Å². The first-order valence-electron chi connectivity index (χ1n) is 7.47. The number of benzene rings is 1. The number of carbonyl (C=O) groups excluding carboxylic acids is 1. The lowest BCUT2D eigenvalue weighted by atomic mass is 10.1. The fraction of sp³-hybridized carbons (Fsp3) is 0.333. The van der Waals surface area contributed by atoms with Crippen LogP contribution in [0.3, 0.4) is 0 Å². The Morgan fingerprint density at radius 2 is 2.20 bits per heavy atom. The molecule has 0 saturated carbocycles. The summed E-state index contributed by atoms with van der Waals surface area (Å²) in [6.45, 7) is 5.43. The monoisotopic (exact) mass is 488 g/mol. The van der Waals surface area contributed by atoms with Crippen molar-refractivity contribution in [1.29, 1.82) is 0 Å². The van der Waals surface area contributed by atoms with Gasteiger partial charge in [-0.2, -0.15) is 0 Å². The number of nitrogens with one attached hydrogen (secondary N) is 1. The summed E-state index contributed by atoms with van der Waals surface area (Å²) in [5.41, 5.74) is -0.716. The molecule has 0 aliphatic carbocycles. The van der Waals surface area contributed by atoms with E-state index in [4.69, 9.17) is 16.3 Å². The van der Waals surface area contributed by atoms with E-state index < -0.39 is 11.0 Å². The molecule has 2 aromatic rings. The van der Waals surface area contributed by atoms with E-state index in [1.165, 1.54) is 11.8 Å². The number of rotatable bonds is 5. The Morgan fingerprint density at radius 3 is 2.84 bits per heavy atom. The van der Waals surface area contributed by atoms with Crippen molar-refractivity contribution < 1.29 is 9.53 Å². The zero-order chi connectivity index (χ0) is 18.6. The molecule has 1 unspecified atom stereocenters. The quantitative estimate of drug-likeness (QED) is 0.383. The smallest absolute Gasteiger partial charge is 0.272 e. The van der Waals surface area contributed by atoms with Crippen molar-refractivity contribution in [2.75, 3.05) is 6.26 Å². The van der Waals surface area contributed by atoms with Crippen molar-refractivity contribution in [2.24, 2.45) is 0 Å². The summed E-state index contributed by atoms with van der Waals surface area (Å²) in [4.78, 5) is 17.0. The lowest BCUT2D eigenvalue weighted by Crippen LogP contribution is -2.47. The number of aromatic nitrogens is 1. The average molecular weight is 489 g/mol. The van der Waals surface area contributed by atoms with Crippen molar-refractivity contribution in [2.45, 2.75) is 31.7 Å². The highest BCUT2D eigenvalue weighted by molar-refractivity contribution is 14.1. The van der Waals surface area contributed by atoms with Crippen molar-refractivity contribution in [3.05, 3.63) is 32.9 Å². The van der Waals surface area contributed by atoms with E-state index in [2.05, 4.69) is 44.7 Å². The molecule has 1 heterocycles. The van der Waals surface area contributed by atoms with E-state index in [0.29, 0.717) is 16.4 Å². The summed E-state index contributed by atoms with van der Waals surface area (Å²) < 4.78 is 6.68. The lowest BCUT2D eigenvalue weighted by Gasteiger charge is -2.24. The molecule has 0 aliphatic rings. The number of pyridine rings is 1. The van der Waals surface area contributed by atoms with Gasteiger partial charge in [0.05, 0.1) is 19.6 Å². The highest BCUT2D eigenvalue weighted by Gasteiger charge is 2.26. The number of carbonyl (C=O) groups is 1. The Hall–Kier alpha value is -1.17. The SMILES string of the molecule is CC#CC(C)(C)NC(=O)C(Oc1nc2c(Cl)cccc2cc1I)SC. The molecule has 0 saturated heterocycles. The molecule has 1 aromatic carbocycles. The second-order valence-corrected chi connectivity index (χ2v) is 8.23. The molecule has 1 atom stereocenters. The molecule has 0 radical (unpaired) electrons. The van der Waals surface area contributed by atoms with Crippen LogP contribution in [0.25, 0.3) is 10.9 Å². The number of fused-ring (bicyclic) bond motifs is 1. The van der Waals surface area contributed by atoms with Gasteiger partial charge in [-0.3, -0.25) is 4.79 Å². The van der Waals surface area contributed by atoms with E-state index in [0.717, 1.165) is 8.96 Å². The molecule has 0 aliphatic heterocycles. The first-order chi connectivity index (χ1) is 11.8. The third kappa shape index (κ3) is 5.16. The number of thioether (sulfide) groups is 1. The molecule has 132 valence electrons. The molecular weight excluding hydrogens is 471 g/mol.